The third kappa shape index (κ3) is 1.93. The van der Waals surface area contributed by atoms with Gasteiger partial charge in [0.1, 0.15) is 17.8 Å². The first-order valence-electron chi connectivity index (χ1n) is 7.28. The summed E-state index contributed by atoms with van der Waals surface area (Å²) in [5, 5.41) is 7.65. The summed E-state index contributed by atoms with van der Waals surface area (Å²) in [5.41, 5.74) is 1.73. The Hall–Kier alpha value is -2.57. The second-order valence-electron chi connectivity index (χ2n) is 5.84. The Bertz CT molecular complexity index is 959. The second-order valence-corrected chi connectivity index (χ2v) is 5.84. The Kier molecular flexibility index (Phi) is 2.66. The number of aromatic nitrogens is 3. The number of carbonyl (C=O) groups is 1. The van der Waals surface area contributed by atoms with E-state index in [0.29, 0.717) is 16.5 Å². The van der Waals surface area contributed by atoms with E-state index in [1.54, 1.807) is 10.8 Å². The van der Waals surface area contributed by atoms with E-state index in [9.17, 15) is 9.59 Å². The van der Waals surface area contributed by atoms with E-state index in [2.05, 4.69) is 10.4 Å². The van der Waals surface area contributed by atoms with Crippen molar-refractivity contribution < 1.29 is 9.21 Å². The van der Waals surface area contributed by atoms with E-state index in [1.807, 2.05) is 20.0 Å². The van der Waals surface area contributed by atoms with Crippen LogP contribution in [0.2, 0.25) is 0 Å². The van der Waals surface area contributed by atoms with Crippen molar-refractivity contribution in [3.05, 3.63) is 28.4 Å². The second kappa shape index (κ2) is 4.46. The molecule has 4 rings (SSSR count). The molecule has 1 aliphatic carbocycles. The van der Waals surface area contributed by atoms with Crippen molar-refractivity contribution in [3.8, 4) is 0 Å². The van der Waals surface area contributed by atoms with Gasteiger partial charge in [0.2, 0.25) is 5.91 Å². The molecule has 0 bridgehead atoms. The van der Waals surface area contributed by atoms with Crippen LogP contribution in [0.1, 0.15) is 18.6 Å². The maximum absolute atomic E-state index is 12.6. The number of rotatable bonds is 3. The first-order chi connectivity index (χ1) is 10.5. The topological polar surface area (TPSA) is 82.1 Å². The number of furan rings is 1. The van der Waals surface area contributed by atoms with Crippen molar-refractivity contribution >= 4 is 27.9 Å². The fourth-order valence-corrected chi connectivity index (χ4v) is 2.78. The van der Waals surface area contributed by atoms with Crippen LogP contribution in [0.5, 0.6) is 0 Å². The molecule has 3 aromatic rings. The zero-order chi connectivity index (χ0) is 15.4. The quantitative estimate of drug-likeness (QED) is 0.784. The number of aryl methyl sites for hydroxylation is 2. The van der Waals surface area contributed by atoms with Crippen LogP contribution >= 0.6 is 0 Å². The number of nitrogens with one attached hydrogen (secondary N) is 1. The molecule has 0 spiro atoms. The van der Waals surface area contributed by atoms with Gasteiger partial charge in [-0.15, -0.1) is 0 Å². The summed E-state index contributed by atoms with van der Waals surface area (Å²) in [6.45, 7) is 1.81. The Morgan fingerprint density at radius 1 is 1.50 bits per heavy atom. The first-order valence-corrected chi connectivity index (χ1v) is 7.28. The van der Waals surface area contributed by atoms with Gasteiger partial charge in [0.05, 0.1) is 17.1 Å². The van der Waals surface area contributed by atoms with Crippen LogP contribution in [0.3, 0.4) is 0 Å². The lowest BCUT2D eigenvalue weighted by Gasteiger charge is -2.06. The first kappa shape index (κ1) is 13.1. The molecule has 0 aliphatic heterocycles. The maximum Gasteiger partial charge on any atom is 0.291 e. The van der Waals surface area contributed by atoms with Gasteiger partial charge in [0, 0.05) is 19.2 Å². The van der Waals surface area contributed by atoms with Crippen LogP contribution < -0.4 is 10.9 Å². The molecule has 1 saturated carbocycles. The normalized spacial score (nSPS) is 14.8. The summed E-state index contributed by atoms with van der Waals surface area (Å²) in [5.74, 6) is 0.612. The maximum atomic E-state index is 12.6. The molecular formula is C15H16N4O3. The number of nitrogens with zero attached hydrogens (tertiary/aromatic N) is 3. The zero-order valence-electron chi connectivity index (χ0n) is 12.4. The summed E-state index contributed by atoms with van der Waals surface area (Å²) >= 11 is 0. The third-order valence-corrected chi connectivity index (χ3v) is 4.03. The van der Waals surface area contributed by atoms with Gasteiger partial charge in [-0.05, 0) is 19.8 Å². The van der Waals surface area contributed by atoms with Gasteiger partial charge in [0.25, 0.3) is 5.56 Å². The third-order valence-electron chi connectivity index (χ3n) is 4.03. The van der Waals surface area contributed by atoms with Gasteiger partial charge in [0.15, 0.2) is 5.58 Å². The van der Waals surface area contributed by atoms with E-state index >= 15 is 0 Å². The van der Waals surface area contributed by atoms with E-state index in [1.165, 1.54) is 4.68 Å². The minimum atomic E-state index is -0.282. The van der Waals surface area contributed by atoms with Gasteiger partial charge in [-0.2, -0.15) is 5.10 Å². The fourth-order valence-electron chi connectivity index (χ4n) is 2.78. The van der Waals surface area contributed by atoms with Crippen LogP contribution in [0, 0.1) is 6.92 Å². The van der Waals surface area contributed by atoms with Crippen molar-refractivity contribution in [3.63, 3.8) is 0 Å². The molecule has 0 aromatic carbocycles. The molecule has 3 aromatic heterocycles. The zero-order valence-corrected chi connectivity index (χ0v) is 12.4. The molecule has 0 radical (unpaired) electrons. The summed E-state index contributed by atoms with van der Waals surface area (Å²) in [4.78, 5) is 24.5. The minimum absolute atomic E-state index is 0.0587. The lowest BCUT2D eigenvalue weighted by Crippen LogP contribution is -2.34. The number of carbonyl (C=O) groups excluding carboxylic acids is 1. The van der Waals surface area contributed by atoms with E-state index in [0.717, 1.165) is 24.1 Å². The summed E-state index contributed by atoms with van der Waals surface area (Å²) in [6.07, 6.45) is 3.62. The molecule has 1 amide bonds. The molecule has 114 valence electrons. The van der Waals surface area contributed by atoms with Gasteiger partial charge in [-0.3, -0.25) is 9.59 Å². The van der Waals surface area contributed by atoms with E-state index in [4.69, 9.17) is 4.42 Å². The standard InChI is InChI=1S/C15H16N4O3/c1-8-5-11-14(22-8)10-6-16-19(15(21)13(10)18(11)2)7-12(20)17-9-3-4-9/h5-6,9H,3-4,7H2,1-2H3,(H,17,20). The average molecular weight is 300 g/mol. The highest BCUT2D eigenvalue weighted by molar-refractivity contribution is 6.04. The largest absolute Gasteiger partial charge is 0.459 e. The molecule has 1 fully saturated rings. The SMILES string of the molecule is Cc1cc2c(o1)c1cnn(CC(=O)NC3CC3)c(=O)c1n2C. The van der Waals surface area contributed by atoms with Gasteiger partial charge >= 0.3 is 0 Å². The van der Waals surface area contributed by atoms with E-state index in [-0.39, 0.29) is 24.1 Å². The van der Waals surface area contributed by atoms with Crippen LogP contribution in [0.15, 0.2) is 21.5 Å². The highest BCUT2D eigenvalue weighted by atomic mass is 16.3. The number of amides is 1. The Balaban J connectivity index is 1.81. The lowest BCUT2D eigenvalue weighted by molar-refractivity contribution is -0.122. The van der Waals surface area contributed by atoms with Crippen LogP contribution in [-0.2, 0) is 18.4 Å². The van der Waals surface area contributed by atoms with Crippen molar-refractivity contribution in [2.45, 2.75) is 32.4 Å². The monoisotopic (exact) mass is 300 g/mol. The molecule has 7 nitrogen and oxygen atoms in total. The number of fused-ring (bicyclic) bond motifs is 3. The number of hydrogen-bond acceptors (Lipinski definition) is 4. The molecule has 7 heteroatoms. The smallest absolute Gasteiger partial charge is 0.291 e. The molecule has 0 unspecified atom stereocenters. The Morgan fingerprint density at radius 3 is 3.00 bits per heavy atom. The van der Waals surface area contributed by atoms with Crippen molar-refractivity contribution in [1.29, 1.82) is 0 Å². The van der Waals surface area contributed by atoms with Gasteiger partial charge < -0.3 is 14.3 Å². The molecule has 3 heterocycles. The highest BCUT2D eigenvalue weighted by Crippen LogP contribution is 2.28. The Labute approximate surface area is 125 Å². The minimum Gasteiger partial charge on any atom is -0.459 e. The van der Waals surface area contributed by atoms with Crippen molar-refractivity contribution in [2.24, 2.45) is 7.05 Å². The predicted octanol–water partition coefficient (Wildman–Crippen LogP) is 1.07. The van der Waals surface area contributed by atoms with Crippen LogP contribution in [0.25, 0.3) is 22.0 Å². The number of hydrogen-bond donors (Lipinski definition) is 1. The molecular weight excluding hydrogens is 284 g/mol. The van der Waals surface area contributed by atoms with Crippen LogP contribution in [-0.4, -0.2) is 26.3 Å². The van der Waals surface area contributed by atoms with Crippen molar-refractivity contribution in [2.75, 3.05) is 0 Å². The van der Waals surface area contributed by atoms with E-state index < -0.39 is 0 Å². The Morgan fingerprint density at radius 2 is 2.27 bits per heavy atom. The highest BCUT2D eigenvalue weighted by Gasteiger charge is 2.24. The molecule has 1 aliphatic rings. The molecule has 1 N–H and O–H groups in total. The average Bonchev–Trinajstić information content (AvgIpc) is 3.13. The fraction of sp³-hybridized carbons (Fsp3) is 0.400. The lowest BCUT2D eigenvalue weighted by atomic mass is 10.3. The predicted molar refractivity (Wildman–Crippen MR) is 80.6 cm³/mol. The van der Waals surface area contributed by atoms with Gasteiger partial charge in [-0.1, -0.05) is 0 Å². The summed E-state index contributed by atoms with van der Waals surface area (Å²) in [6, 6.07) is 2.16. The molecule has 0 atom stereocenters. The molecule has 22 heavy (non-hydrogen) atoms. The van der Waals surface area contributed by atoms with Gasteiger partial charge in [-0.25, -0.2) is 4.68 Å². The summed E-state index contributed by atoms with van der Waals surface area (Å²) < 4.78 is 8.64. The molecule has 0 saturated heterocycles. The van der Waals surface area contributed by atoms with Crippen LogP contribution in [0.4, 0.5) is 0 Å². The summed E-state index contributed by atoms with van der Waals surface area (Å²) in [7, 11) is 1.82. The van der Waals surface area contributed by atoms with Crippen molar-refractivity contribution in [1.82, 2.24) is 19.7 Å².